The zero-order chi connectivity index (χ0) is 18.6. The second-order valence-electron chi connectivity index (χ2n) is 5.54. The van der Waals surface area contributed by atoms with Gasteiger partial charge in [-0.25, -0.2) is 8.42 Å². The predicted octanol–water partition coefficient (Wildman–Crippen LogP) is 4.29. The summed E-state index contributed by atoms with van der Waals surface area (Å²) in [6.45, 7) is 2.75. The van der Waals surface area contributed by atoms with Crippen molar-refractivity contribution in [2.75, 3.05) is 11.5 Å². The third-order valence-electron chi connectivity index (χ3n) is 3.82. The smallest absolute Gasteiger partial charge is 0.191 e. The number of rotatable bonds is 7. The van der Waals surface area contributed by atoms with Crippen LogP contribution in [0.3, 0.4) is 0 Å². The van der Waals surface area contributed by atoms with Gasteiger partial charge in [-0.05, 0) is 31.2 Å². The van der Waals surface area contributed by atoms with Crippen LogP contribution in [0.5, 0.6) is 0 Å². The van der Waals surface area contributed by atoms with E-state index in [-0.39, 0.29) is 5.75 Å². The summed E-state index contributed by atoms with van der Waals surface area (Å²) in [4.78, 5) is 0.336. The minimum Gasteiger partial charge on any atom is -0.302 e. The molecule has 0 radical (unpaired) electrons. The van der Waals surface area contributed by atoms with E-state index in [0.29, 0.717) is 10.6 Å². The molecule has 26 heavy (non-hydrogen) atoms. The van der Waals surface area contributed by atoms with Crippen LogP contribution in [-0.2, 0) is 16.4 Å². The van der Waals surface area contributed by atoms with Crippen LogP contribution in [0.15, 0.2) is 69.1 Å². The molecule has 0 unspecified atom stereocenters. The molecule has 0 atom stereocenters. The van der Waals surface area contributed by atoms with Gasteiger partial charge >= 0.3 is 0 Å². The van der Waals surface area contributed by atoms with Crippen molar-refractivity contribution in [2.24, 2.45) is 0 Å². The summed E-state index contributed by atoms with van der Waals surface area (Å²) < 4.78 is 27.7. The van der Waals surface area contributed by atoms with Crippen molar-refractivity contribution >= 4 is 37.5 Å². The number of halogens is 1. The van der Waals surface area contributed by atoms with Crippen LogP contribution in [0.4, 0.5) is 0 Å². The first kappa shape index (κ1) is 19.1. The molecule has 1 heterocycles. The first-order valence-electron chi connectivity index (χ1n) is 8.11. The van der Waals surface area contributed by atoms with E-state index in [2.05, 4.69) is 26.1 Å². The summed E-state index contributed by atoms with van der Waals surface area (Å²) in [5, 5.41) is 9.25. The molecule has 0 N–H and O–H groups in total. The topological polar surface area (TPSA) is 64.8 Å². The van der Waals surface area contributed by atoms with Gasteiger partial charge < -0.3 is 4.57 Å². The minimum absolute atomic E-state index is 0.0521. The van der Waals surface area contributed by atoms with Crippen molar-refractivity contribution in [1.82, 2.24) is 14.8 Å². The van der Waals surface area contributed by atoms with Gasteiger partial charge in [0.25, 0.3) is 0 Å². The van der Waals surface area contributed by atoms with E-state index in [9.17, 15) is 8.42 Å². The van der Waals surface area contributed by atoms with E-state index >= 15 is 0 Å². The molecule has 0 bridgehead atoms. The van der Waals surface area contributed by atoms with Crippen molar-refractivity contribution in [2.45, 2.75) is 23.5 Å². The third kappa shape index (κ3) is 4.36. The molecular formula is C18H18BrN3O2S2. The van der Waals surface area contributed by atoms with Crippen LogP contribution < -0.4 is 0 Å². The van der Waals surface area contributed by atoms with Crippen molar-refractivity contribution in [3.63, 3.8) is 0 Å². The zero-order valence-corrected chi connectivity index (χ0v) is 17.4. The largest absolute Gasteiger partial charge is 0.302 e. The lowest BCUT2D eigenvalue weighted by molar-refractivity contribution is 0.597. The average Bonchev–Trinajstić information content (AvgIpc) is 3.05. The Balaban J connectivity index is 1.70. The molecule has 0 saturated carbocycles. The van der Waals surface area contributed by atoms with Gasteiger partial charge in [-0.1, -0.05) is 58.0 Å². The Kier molecular flexibility index (Phi) is 6.16. The van der Waals surface area contributed by atoms with Gasteiger partial charge in [-0.3, -0.25) is 0 Å². The van der Waals surface area contributed by atoms with Crippen molar-refractivity contribution in [1.29, 1.82) is 0 Å². The molecule has 0 saturated heterocycles. The summed E-state index contributed by atoms with van der Waals surface area (Å²) in [6, 6.07) is 16.6. The van der Waals surface area contributed by atoms with Gasteiger partial charge in [0.2, 0.25) is 0 Å². The number of hydrogen-bond donors (Lipinski definition) is 0. The first-order valence-corrected chi connectivity index (χ1v) is 11.5. The van der Waals surface area contributed by atoms with Crippen LogP contribution in [-0.4, -0.2) is 34.7 Å². The third-order valence-corrected chi connectivity index (χ3v) is 7.31. The van der Waals surface area contributed by atoms with Crippen molar-refractivity contribution in [3.05, 3.63) is 59.1 Å². The monoisotopic (exact) mass is 451 g/mol. The molecule has 3 aromatic rings. The highest BCUT2D eigenvalue weighted by molar-refractivity contribution is 9.10. The number of thioether (sulfide) groups is 1. The van der Waals surface area contributed by atoms with E-state index in [1.807, 2.05) is 41.8 Å². The van der Waals surface area contributed by atoms with E-state index in [1.165, 1.54) is 11.8 Å². The molecule has 0 aliphatic rings. The Morgan fingerprint density at radius 3 is 2.38 bits per heavy atom. The van der Waals surface area contributed by atoms with E-state index < -0.39 is 9.84 Å². The Bertz CT molecular complexity index is 971. The number of aromatic nitrogens is 3. The van der Waals surface area contributed by atoms with Crippen molar-refractivity contribution in [3.8, 4) is 11.4 Å². The molecule has 0 fully saturated rings. The molecule has 0 aliphatic carbocycles. The highest BCUT2D eigenvalue weighted by Crippen LogP contribution is 2.24. The number of hydrogen-bond acceptors (Lipinski definition) is 5. The van der Waals surface area contributed by atoms with Gasteiger partial charge in [-0.2, -0.15) is 0 Å². The SMILES string of the molecule is CCn1c(SCCS(=O)(=O)c2ccc(Br)cc2)nnc1-c1ccccc1. The quantitative estimate of drug-likeness (QED) is 0.501. The Hall–Kier alpha value is -1.64. The average molecular weight is 452 g/mol. The van der Waals surface area contributed by atoms with Crippen LogP contribution in [0.25, 0.3) is 11.4 Å². The molecule has 0 aliphatic heterocycles. The molecular weight excluding hydrogens is 434 g/mol. The van der Waals surface area contributed by atoms with Gasteiger partial charge in [0.05, 0.1) is 10.6 Å². The maximum atomic E-state index is 12.4. The molecule has 0 amide bonds. The molecule has 0 spiro atoms. The molecule has 136 valence electrons. The Morgan fingerprint density at radius 2 is 1.73 bits per heavy atom. The fourth-order valence-electron chi connectivity index (χ4n) is 2.48. The summed E-state index contributed by atoms with van der Waals surface area (Å²) >= 11 is 4.73. The highest BCUT2D eigenvalue weighted by atomic mass is 79.9. The maximum absolute atomic E-state index is 12.4. The van der Waals surface area contributed by atoms with Gasteiger partial charge in [0.1, 0.15) is 0 Å². The second-order valence-corrected chi connectivity index (χ2v) is 9.62. The summed E-state index contributed by atoms with van der Waals surface area (Å²) in [5.41, 5.74) is 0.996. The summed E-state index contributed by atoms with van der Waals surface area (Å²) in [7, 11) is -3.31. The van der Waals surface area contributed by atoms with Crippen LogP contribution in [0, 0.1) is 0 Å². The van der Waals surface area contributed by atoms with Crippen LogP contribution >= 0.6 is 27.7 Å². The summed E-state index contributed by atoms with van der Waals surface area (Å²) in [6.07, 6.45) is 0. The molecule has 1 aromatic heterocycles. The minimum atomic E-state index is -3.31. The fraction of sp³-hybridized carbons (Fsp3) is 0.222. The predicted molar refractivity (Wildman–Crippen MR) is 108 cm³/mol. The van der Waals surface area contributed by atoms with Gasteiger partial charge in [0.15, 0.2) is 20.8 Å². The highest BCUT2D eigenvalue weighted by Gasteiger charge is 2.17. The number of benzene rings is 2. The van der Waals surface area contributed by atoms with Gasteiger partial charge in [-0.15, -0.1) is 10.2 Å². The fourth-order valence-corrected chi connectivity index (χ4v) is 5.40. The Morgan fingerprint density at radius 1 is 1.04 bits per heavy atom. The van der Waals surface area contributed by atoms with Gasteiger partial charge in [0, 0.05) is 22.3 Å². The molecule has 5 nitrogen and oxygen atoms in total. The lowest BCUT2D eigenvalue weighted by atomic mass is 10.2. The summed E-state index contributed by atoms with van der Waals surface area (Å²) in [5.74, 6) is 1.27. The normalized spacial score (nSPS) is 11.6. The van der Waals surface area contributed by atoms with Crippen molar-refractivity contribution < 1.29 is 8.42 Å². The standard InChI is InChI=1S/C18H18BrN3O2S2/c1-2-22-17(14-6-4-3-5-7-14)20-21-18(22)25-12-13-26(23,24)16-10-8-15(19)9-11-16/h3-11H,2,12-13H2,1H3. The van der Waals surface area contributed by atoms with E-state index in [4.69, 9.17) is 0 Å². The maximum Gasteiger partial charge on any atom is 0.191 e. The zero-order valence-electron chi connectivity index (χ0n) is 14.2. The first-order chi connectivity index (χ1) is 12.5. The van der Waals surface area contributed by atoms with E-state index in [1.54, 1.807) is 24.3 Å². The lowest BCUT2D eigenvalue weighted by Crippen LogP contribution is -2.09. The van der Waals surface area contributed by atoms with E-state index in [0.717, 1.165) is 27.6 Å². The number of nitrogens with zero attached hydrogens (tertiary/aromatic N) is 3. The Labute approximate surface area is 165 Å². The van der Waals surface area contributed by atoms with Crippen LogP contribution in [0.1, 0.15) is 6.92 Å². The lowest BCUT2D eigenvalue weighted by Gasteiger charge is -2.08. The molecule has 8 heteroatoms. The molecule has 2 aromatic carbocycles. The van der Waals surface area contributed by atoms with Crippen LogP contribution in [0.2, 0.25) is 0 Å². The number of sulfone groups is 1. The molecule has 3 rings (SSSR count). The second kappa shape index (κ2) is 8.37.